The van der Waals surface area contributed by atoms with Crippen LogP contribution in [0.5, 0.6) is 0 Å². The molecule has 7 heteroatoms. The highest BCUT2D eigenvalue weighted by Crippen LogP contribution is 2.40. The lowest BCUT2D eigenvalue weighted by atomic mass is 9.63. The predicted molar refractivity (Wildman–Crippen MR) is 73.0 cm³/mol. The average molecular weight is 307 g/mol. The van der Waals surface area contributed by atoms with Crippen LogP contribution in [0.1, 0.15) is 36.5 Å². The zero-order valence-electron chi connectivity index (χ0n) is 12.8. The second kappa shape index (κ2) is 5.47. The van der Waals surface area contributed by atoms with Crippen LogP contribution in [0.2, 0.25) is 0 Å². The van der Waals surface area contributed by atoms with E-state index in [1.807, 2.05) is 0 Å². The molecule has 7 nitrogen and oxygen atoms in total. The van der Waals surface area contributed by atoms with Crippen LogP contribution < -0.4 is 0 Å². The highest BCUT2D eigenvalue weighted by atomic mass is 16.5. The minimum atomic E-state index is -1.54. The third kappa shape index (κ3) is 2.58. The van der Waals surface area contributed by atoms with Crippen molar-refractivity contribution in [3.8, 4) is 0 Å². The van der Waals surface area contributed by atoms with Gasteiger partial charge >= 0.3 is 5.97 Å². The molecule has 0 amide bonds. The van der Waals surface area contributed by atoms with E-state index in [1.54, 1.807) is 20.8 Å². The first-order chi connectivity index (χ1) is 10.2. The van der Waals surface area contributed by atoms with E-state index in [2.05, 4.69) is 9.89 Å². The van der Waals surface area contributed by atoms with E-state index in [0.29, 0.717) is 5.69 Å². The smallest absolute Gasteiger partial charge is 0.316 e. The predicted octanol–water partition coefficient (Wildman–Crippen LogP) is 1.14. The number of aryl methyl sites for hydroxylation is 1. The number of aromatic nitrogens is 1. The van der Waals surface area contributed by atoms with Gasteiger partial charge in [0.2, 0.25) is 11.5 Å². The van der Waals surface area contributed by atoms with Crippen LogP contribution in [0.4, 0.5) is 0 Å². The Labute approximate surface area is 127 Å². The molecule has 118 valence electrons. The van der Waals surface area contributed by atoms with Crippen molar-refractivity contribution in [2.75, 3.05) is 7.11 Å². The fourth-order valence-corrected chi connectivity index (χ4v) is 2.81. The average Bonchev–Trinajstić information content (AvgIpc) is 2.83. The highest BCUT2D eigenvalue weighted by Gasteiger charge is 2.54. The summed E-state index contributed by atoms with van der Waals surface area (Å²) in [4.78, 5) is 49.1. The van der Waals surface area contributed by atoms with Crippen molar-refractivity contribution >= 4 is 23.3 Å². The van der Waals surface area contributed by atoms with Crippen LogP contribution in [0.25, 0.3) is 0 Å². The van der Waals surface area contributed by atoms with Crippen molar-refractivity contribution in [2.24, 2.45) is 17.3 Å². The second-order valence-electron chi connectivity index (χ2n) is 6.12. The van der Waals surface area contributed by atoms with E-state index in [4.69, 9.17) is 4.52 Å². The maximum atomic E-state index is 12.6. The number of carbonyl (C=O) groups is 4. The molecule has 1 saturated carbocycles. The molecule has 1 aromatic heterocycles. The summed E-state index contributed by atoms with van der Waals surface area (Å²) in [7, 11) is 1.17. The van der Waals surface area contributed by atoms with Crippen molar-refractivity contribution in [1.82, 2.24) is 5.16 Å². The third-order valence-corrected chi connectivity index (χ3v) is 3.87. The van der Waals surface area contributed by atoms with Gasteiger partial charge in [0.25, 0.3) is 0 Å². The molecule has 0 bridgehead atoms. The van der Waals surface area contributed by atoms with E-state index in [0.717, 1.165) is 0 Å². The number of Topliss-reactive ketones (excluding diaryl/α,β-unsaturated/α-hetero) is 3. The van der Waals surface area contributed by atoms with Crippen LogP contribution in [0, 0.1) is 24.2 Å². The molecule has 1 aliphatic rings. The standard InChI is InChI=1S/C15H17NO6/c1-7-5-9(22-16-7)12(18)10-8(17)6-15(2,3)11(13(10)19)14(20)21-4/h5,10-11H,6H2,1-4H3/t10-,11+/m1/s1. The maximum absolute atomic E-state index is 12.6. The minimum Gasteiger partial charge on any atom is -0.468 e. The van der Waals surface area contributed by atoms with Gasteiger partial charge in [-0.1, -0.05) is 19.0 Å². The Bertz CT molecular complexity index is 657. The Morgan fingerprint density at radius 2 is 2.00 bits per heavy atom. The van der Waals surface area contributed by atoms with Crippen LogP contribution in [-0.4, -0.2) is 35.6 Å². The molecule has 0 N–H and O–H groups in total. The number of ether oxygens (including phenoxy) is 1. The molecule has 1 heterocycles. The number of methoxy groups -OCH3 is 1. The Kier molecular flexibility index (Phi) is 4.00. The molecule has 0 spiro atoms. The van der Waals surface area contributed by atoms with E-state index in [-0.39, 0.29) is 12.2 Å². The van der Waals surface area contributed by atoms with Crippen LogP contribution in [0.3, 0.4) is 0 Å². The molecule has 2 rings (SSSR count). The van der Waals surface area contributed by atoms with Gasteiger partial charge in [-0.25, -0.2) is 0 Å². The van der Waals surface area contributed by atoms with Gasteiger partial charge in [0.05, 0.1) is 12.8 Å². The van der Waals surface area contributed by atoms with Crippen molar-refractivity contribution in [3.05, 3.63) is 17.5 Å². The molecular weight excluding hydrogens is 290 g/mol. The fourth-order valence-electron chi connectivity index (χ4n) is 2.81. The summed E-state index contributed by atoms with van der Waals surface area (Å²) in [5, 5.41) is 3.57. The highest BCUT2D eigenvalue weighted by molar-refractivity contribution is 6.28. The topological polar surface area (TPSA) is 104 Å². The number of ketones is 3. The summed E-state index contributed by atoms with van der Waals surface area (Å²) < 4.78 is 9.48. The SMILES string of the molecule is COC(=O)[C@@H]1C(=O)[C@@H](C(=O)c2cc(C)no2)C(=O)CC1(C)C. The number of rotatable bonds is 3. The van der Waals surface area contributed by atoms with Crippen molar-refractivity contribution in [2.45, 2.75) is 27.2 Å². The largest absolute Gasteiger partial charge is 0.468 e. The molecule has 1 fully saturated rings. The Balaban J connectivity index is 2.40. The van der Waals surface area contributed by atoms with Crippen LogP contribution in [0.15, 0.2) is 10.6 Å². The quantitative estimate of drug-likeness (QED) is 0.468. The second-order valence-corrected chi connectivity index (χ2v) is 6.12. The molecule has 2 atom stereocenters. The number of hydrogen-bond acceptors (Lipinski definition) is 7. The van der Waals surface area contributed by atoms with Crippen molar-refractivity contribution in [1.29, 1.82) is 0 Å². The monoisotopic (exact) mass is 307 g/mol. The Morgan fingerprint density at radius 3 is 2.50 bits per heavy atom. The van der Waals surface area contributed by atoms with Gasteiger partial charge in [-0.2, -0.15) is 0 Å². The molecule has 0 radical (unpaired) electrons. The van der Waals surface area contributed by atoms with E-state index >= 15 is 0 Å². The number of nitrogens with zero attached hydrogens (tertiary/aromatic N) is 1. The first-order valence-corrected chi connectivity index (χ1v) is 6.81. The number of carbonyl (C=O) groups excluding carboxylic acids is 4. The first-order valence-electron chi connectivity index (χ1n) is 6.81. The zero-order valence-corrected chi connectivity index (χ0v) is 12.8. The number of hydrogen-bond donors (Lipinski definition) is 0. The lowest BCUT2D eigenvalue weighted by Gasteiger charge is -2.37. The number of esters is 1. The third-order valence-electron chi connectivity index (χ3n) is 3.87. The molecule has 1 aromatic rings. The van der Waals surface area contributed by atoms with Crippen LogP contribution in [-0.2, 0) is 19.1 Å². The van der Waals surface area contributed by atoms with E-state index < -0.39 is 40.6 Å². The van der Waals surface area contributed by atoms with Gasteiger partial charge in [-0.3, -0.25) is 19.2 Å². The van der Waals surface area contributed by atoms with Gasteiger partial charge in [-0.15, -0.1) is 0 Å². The minimum absolute atomic E-state index is 0.0674. The zero-order chi connectivity index (χ0) is 16.7. The lowest BCUT2D eigenvalue weighted by molar-refractivity contribution is -0.159. The lowest BCUT2D eigenvalue weighted by Crippen LogP contribution is -2.51. The molecule has 0 saturated heterocycles. The normalized spacial score (nSPS) is 24.2. The van der Waals surface area contributed by atoms with Gasteiger partial charge in [0, 0.05) is 12.5 Å². The van der Waals surface area contributed by atoms with E-state index in [1.165, 1.54) is 13.2 Å². The van der Waals surface area contributed by atoms with Gasteiger partial charge < -0.3 is 9.26 Å². The first kappa shape index (κ1) is 16.1. The summed E-state index contributed by atoms with van der Waals surface area (Å²) in [5.74, 6) is -5.62. The molecule has 0 aromatic carbocycles. The summed E-state index contributed by atoms with van der Waals surface area (Å²) in [5.41, 5.74) is -0.432. The molecule has 1 aliphatic carbocycles. The van der Waals surface area contributed by atoms with Crippen molar-refractivity contribution < 1.29 is 28.4 Å². The molecule has 0 aliphatic heterocycles. The van der Waals surface area contributed by atoms with Gasteiger partial charge in [0.15, 0.2) is 11.6 Å². The van der Waals surface area contributed by atoms with Crippen molar-refractivity contribution in [3.63, 3.8) is 0 Å². The summed E-state index contributed by atoms with van der Waals surface area (Å²) >= 11 is 0. The van der Waals surface area contributed by atoms with Gasteiger partial charge in [0.1, 0.15) is 11.8 Å². The summed E-state index contributed by atoms with van der Waals surface area (Å²) in [6, 6.07) is 1.36. The maximum Gasteiger partial charge on any atom is 0.316 e. The molecule has 22 heavy (non-hydrogen) atoms. The summed E-state index contributed by atoms with van der Waals surface area (Å²) in [6.45, 7) is 4.87. The molecule has 0 unspecified atom stereocenters. The fraction of sp³-hybridized carbons (Fsp3) is 0.533. The van der Waals surface area contributed by atoms with Gasteiger partial charge in [-0.05, 0) is 12.3 Å². The summed E-state index contributed by atoms with van der Waals surface area (Å²) in [6.07, 6.45) is -0.0674. The molecular formula is C15H17NO6. The van der Waals surface area contributed by atoms with E-state index in [9.17, 15) is 19.2 Å². The Morgan fingerprint density at radius 1 is 1.36 bits per heavy atom. The Hall–Kier alpha value is -2.31. The van der Waals surface area contributed by atoms with Crippen LogP contribution >= 0.6 is 0 Å².